The SMILES string of the molecule is C[C@H](CC(Cc1ccc(-c2ccccc2)cc1)NC(=O)N[C@@H](C)C(=O)O)C(=O)O. The largest absolute Gasteiger partial charge is 0.481 e. The molecule has 29 heavy (non-hydrogen) atoms. The zero-order valence-corrected chi connectivity index (χ0v) is 16.5. The molecule has 7 nitrogen and oxygen atoms in total. The zero-order valence-electron chi connectivity index (χ0n) is 16.5. The summed E-state index contributed by atoms with van der Waals surface area (Å²) in [5.41, 5.74) is 3.10. The fraction of sp³-hybridized carbons (Fsp3) is 0.318. The van der Waals surface area contributed by atoms with Crippen molar-refractivity contribution >= 4 is 18.0 Å². The highest BCUT2D eigenvalue weighted by Crippen LogP contribution is 2.20. The van der Waals surface area contributed by atoms with Crippen LogP contribution in [0.3, 0.4) is 0 Å². The Morgan fingerprint density at radius 3 is 1.97 bits per heavy atom. The second-order valence-corrected chi connectivity index (χ2v) is 7.12. The first-order valence-electron chi connectivity index (χ1n) is 9.43. The molecule has 0 aliphatic rings. The Morgan fingerprint density at radius 2 is 1.41 bits per heavy atom. The van der Waals surface area contributed by atoms with Crippen LogP contribution in [0.2, 0.25) is 0 Å². The summed E-state index contributed by atoms with van der Waals surface area (Å²) in [5, 5.41) is 23.2. The smallest absolute Gasteiger partial charge is 0.325 e. The lowest BCUT2D eigenvalue weighted by molar-refractivity contribution is -0.141. The predicted molar refractivity (Wildman–Crippen MR) is 110 cm³/mol. The van der Waals surface area contributed by atoms with Crippen molar-refractivity contribution < 1.29 is 24.6 Å². The summed E-state index contributed by atoms with van der Waals surface area (Å²) in [5.74, 6) is -2.75. The molecule has 7 heteroatoms. The molecule has 0 saturated heterocycles. The summed E-state index contributed by atoms with van der Waals surface area (Å²) in [6.07, 6.45) is 0.659. The van der Waals surface area contributed by atoms with Gasteiger partial charge in [0.25, 0.3) is 0 Å². The first kappa shape index (κ1) is 21.9. The number of carboxylic acid groups (broad SMARTS) is 2. The van der Waals surface area contributed by atoms with Crippen LogP contribution in [0.5, 0.6) is 0 Å². The molecule has 0 saturated carbocycles. The van der Waals surface area contributed by atoms with Gasteiger partial charge in [-0.3, -0.25) is 9.59 Å². The van der Waals surface area contributed by atoms with E-state index in [1.807, 2.05) is 54.6 Å². The van der Waals surface area contributed by atoms with Gasteiger partial charge in [-0.1, -0.05) is 61.5 Å². The molecule has 0 bridgehead atoms. The molecule has 1 unspecified atom stereocenters. The summed E-state index contributed by atoms with van der Waals surface area (Å²) >= 11 is 0. The number of nitrogens with one attached hydrogen (secondary N) is 2. The Balaban J connectivity index is 2.08. The highest BCUT2D eigenvalue weighted by Gasteiger charge is 2.22. The highest BCUT2D eigenvalue weighted by atomic mass is 16.4. The number of carboxylic acids is 2. The number of amides is 2. The molecule has 0 radical (unpaired) electrons. The van der Waals surface area contributed by atoms with Crippen LogP contribution in [-0.4, -0.2) is 40.3 Å². The minimum atomic E-state index is -1.15. The van der Waals surface area contributed by atoms with Gasteiger partial charge in [-0.2, -0.15) is 0 Å². The van der Waals surface area contributed by atoms with E-state index in [9.17, 15) is 19.5 Å². The van der Waals surface area contributed by atoms with E-state index in [4.69, 9.17) is 5.11 Å². The third kappa shape index (κ3) is 6.95. The van der Waals surface area contributed by atoms with Gasteiger partial charge in [0.05, 0.1) is 5.92 Å². The monoisotopic (exact) mass is 398 g/mol. The van der Waals surface area contributed by atoms with E-state index in [2.05, 4.69) is 10.6 Å². The van der Waals surface area contributed by atoms with E-state index in [1.165, 1.54) is 6.92 Å². The molecule has 2 amide bonds. The van der Waals surface area contributed by atoms with E-state index in [-0.39, 0.29) is 6.42 Å². The normalized spacial score (nSPS) is 13.7. The van der Waals surface area contributed by atoms with Gasteiger partial charge < -0.3 is 20.8 Å². The van der Waals surface area contributed by atoms with E-state index in [0.29, 0.717) is 6.42 Å². The van der Waals surface area contributed by atoms with Crippen molar-refractivity contribution in [2.75, 3.05) is 0 Å². The van der Waals surface area contributed by atoms with Crippen LogP contribution in [0.1, 0.15) is 25.8 Å². The summed E-state index contributed by atoms with van der Waals surface area (Å²) in [6, 6.07) is 15.6. The maximum absolute atomic E-state index is 12.1. The van der Waals surface area contributed by atoms with Crippen molar-refractivity contribution in [2.45, 2.75) is 38.8 Å². The van der Waals surface area contributed by atoms with Crippen molar-refractivity contribution in [2.24, 2.45) is 5.92 Å². The van der Waals surface area contributed by atoms with Crippen molar-refractivity contribution in [3.05, 3.63) is 60.2 Å². The number of aliphatic carboxylic acids is 2. The molecular formula is C22H26N2O5. The number of carbonyl (C=O) groups excluding carboxylic acids is 1. The van der Waals surface area contributed by atoms with Crippen molar-refractivity contribution in [3.63, 3.8) is 0 Å². The van der Waals surface area contributed by atoms with E-state index >= 15 is 0 Å². The van der Waals surface area contributed by atoms with Gasteiger partial charge in [-0.15, -0.1) is 0 Å². The summed E-state index contributed by atoms with van der Waals surface area (Å²) in [6.45, 7) is 2.94. The average molecular weight is 398 g/mol. The summed E-state index contributed by atoms with van der Waals surface area (Å²) in [7, 11) is 0. The van der Waals surface area contributed by atoms with E-state index in [0.717, 1.165) is 16.7 Å². The number of benzene rings is 2. The van der Waals surface area contributed by atoms with Crippen LogP contribution < -0.4 is 10.6 Å². The first-order valence-corrected chi connectivity index (χ1v) is 9.43. The molecule has 3 atom stereocenters. The van der Waals surface area contributed by atoms with Gasteiger partial charge in [0, 0.05) is 6.04 Å². The minimum Gasteiger partial charge on any atom is -0.481 e. The molecule has 2 aromatic rings. The van der Waals surface area contributed by atoms with Gasteiger partial charge in [-0.25, -0.2) is 4.79 Å². The van der Waals surface area contributed by atoms with Crippen LogP contribution in [0.4, 0.5) is 4.79 Å². The van der Waals surface area contributed by atoms with Gasteiger partial charge in [0.15, 0.2) is 0 Å². The van der Waals surface area contributed by atoms with E-state index < -0.39 is 36.0 Å². The zero-order chi connectivity index (χ0) is 21.4. The standard InChI is InChI=1S/C22H26N2O5/c1-14(20(25)26)12-19(24-22(29)23-15(2)21(27)28)13-16-8-10-18(11-9-16)17-6-4-3-5-7-17/h3-11,14-15,19H,12-13H2,1-2H3,(H,25,26)(H,27,28)(H2,23,24,29)/t14-,15+,19?/m1/s1. The van der Waals surface area contributed by atoms with Gasteiger partial charge in [-0.05, 0) is 36.5 Å². The second-order valence-electron chi connectivity index (χ2n) is 7.12. The maximum Gasteiger partial charge on any atom is 0.325 e. The van der Waals surface area contributed by atoms with E-state index in [1.54, 1.807) is 6.92 Å². The Morgan fingerprint density at radius 1 is 0.828 bits per heavy atom. The van der Waals surface area contributed by atoms with Crippen molar-refractivity contribution in [1.82, 2.24) is 10.6 Å². The maximum atomic E-state index is 12.1. The van der Waals surface area contributed by atoms with Crippen molar-refractivity contribution in [1.29, 1.82) is 0 Å². The topological polar surface area (TPSA) is 116 Å². The molecule has 0 spiro atoms. The minimum absolute atomic E-state index is 0.227. The van der Waals surface area contributed by atoms with Gasteiger partial charge in [0.2, 0.25) is 0 Å². The van der Waals surface area contributed by atoms with Crippen LogP contribution in [0, 0.1) is 5.92 Å². The molecule has 0 aliphatic carbocycles. The lowest BCUT2D eigenvalue weighted by Crippen LogP contribution is -2.49. The molecule has 2 rings (SSSR count). The quantitative estimate of drug-likeness (QED) is 0.518. The first-order chi connectivity index (χ1) is 13.8. The molecule has 0 heterocycles. The summed E-state index contributed by atoms with van der Waals surface area (Å²) in [4.78, 5) is 34.3. The van der Waals surface area contributed by atoms with Crippen LogP contribution in [0.25, 0.3) is 11.1 Å². The fourth-order valence-corrected chi connectivity index (χ4v) is 2.95. The fourth-order valence-electron chi connectivity index (χ4n) is 2.95. The number of hydrogen-bond donors (Lipinski definition) is 4. The third-order valence-corrected chi connectivity index (χ3v) is 4.66. The van der Waals surface area contributed by atoms with Crippen molar-refractivity contribution in [3.8, 4) is 11.1 Å². The molecule has 4 N–H and O–H groups in total. The molecule has 0 aliphatic heterocycles. The Bertz CT molecular complexity index is 836. The Labute approximate surface area is 169 Å². The molecule has 154 valence electrons. The number of rotatable bonds is 9. The highest BCUT2D eigenvalue weighted by molar-refractivity contribution is 5.82. The second kappa shape index (κ2) is 10.3. The molecule has 2 aromatic carbocycles. The third-order valence-electron chi connectivity index (χ3n) is 4.66. The van der Waals surface area contributed by atoms with Crippen LogP contribution in [0.15, 0.2) is 54.6 Å². The Hall–Kier alpha value is -3.35. The molecular weight excluding hydrogens is 372 g/mol. The molecule has 0 fully saturated rings. The predicted octanol–water partition coefficient (Wildman–Crippen LogP) is 3.15. The van der Waals surface area contributed by atoms with Gasteiger partial charge >= 0.3 is 18.0 Å². The Kier molecular flexibility index (Phi) is 7.77. The number of carbonyl (C=O) groups is 3. The van der Waals surface area contributed by atoms with Crippen LogP contribution >= 0.6 is 0 Å². The van der Waals surface area contributed by atoms with Crippen LogP contribution in [-0.2, 0) is 16.0 Å². The lowest BCUT2D eigenvalue weighted by atomic mass is 9.95. The lowest BCUT2D eigenvalue weighted by Gasteiger charge is -2.22. The van der Waals surface area contributed by atoms with Gasteiger partial charge in [0.1, 0.15) is 6.04 Å². The number of hydrogen-bond acceptors (Lipinski definition) is 3. The molecule has 0 aromatic heterocycles. The number of urea groups is 1. The average Bonchev–Trinajstić information content (AvgIpc) is 2.68. The summed E-state index contributed by atoms with van der Waals surface area (Å²) < 4.78 is 0.